The number of hydrogen-bond acceptors (Lipinski definition) is 20. The first-order valence-corrected chi connectivity index (χ1v) is 24.6. The van der Waals surface area contributed by atoms with Crippen LogP contribution < -0.4 is 22.9 Å². The second-order valence-electron chi connectivity index (χ2n) is 14.2. The Bertz CT molecular complexity index is 3390. The molecule has 6 aromatic carbocycles. The summed E-state index contributed by atoms with van der Waals surface area (Å²) in [6.45, 7) is 3.23. The van der Waals surface area contributed by atoms with Gasteiger partial charge in [0.25, 0.3) is 40.5 Å². The minimum Gasteiger partial charge on any atom is -0.397 e. The Labute approximate surface area is 387 Å². The van der Waals surface area contributed by atoms with E-state index in [9.17, 15) is 51.9 Å². The second-order valence-corrected chi connectivity index (χ2v) is 19.9. The standard InChI is InChI=1S/C40H36N12O12S4/c1-21-17-31(49-45-25-9-13-29(14-10-25)65(53,54)55)37(43)39(35(21)41)51-47-27-7-5-23(33(19-27)67(59,60)61)3-4-24-6-8-28(20-34(24)68(62,63)64)48-52-40-36(42)22(2)18-32(38(40)44)50-46-26-11-15-30(16-12-26)66(56,57)58/h3-20H,41-44H2,1-2H3,(H,53,54,55)(H,56,57,58)(H,59,60,61)(H,62,63,64). The first-order chi connectivity index (χ1) is 31.7. The number of nitrogens with zero attached hydrogens (tertiary/aromatic N) is 8. The van der Waals surface area contributed by atoms with Gasteiger partial charge in [-0.2, -0.15) is 54.1 Å². The molecule has 0 heterocycles. The maximum Gasteiger partial charge on any atom is 0.295 e. The summed E-state index contributed by atoms with van der Waals surface area (Å²) in [5.41, 5.74) is 25.9. The van der Waals surface area contributed by atoms with E-state index >= 15 is 0 Å². The van der Waals surface area contributed by atoms with Gasteiger partial charge in [-0.1, -0.05) is 24.3 Å². The number of hydrogen-bond donors (Lipinski definition) is 8. The van der Waals surface area contributed by atoms with E-state index in [0.717, 1.165) is 48.6 Å². The van der Waals surface area contributed by atoms with Crippen molar-refractivity contribution in [3.63, 3.8) is 0 Å². The summed E-state index contributed by atoms with van der Waals surface area (Å²) in [5.74, 6) is 0. The minimum atomic E-state index is -4.97. The van der Waals surface area contributed by atoms with Gasteiger partial charge in [-0.15, -0.1) is 20.5 Å². The molecule has 0 saturated carbocycles. The van der Waals surface area contributed by atoms with Crippen molar-refractivity contribution in [1.29, 1.82) is 0 Å². The molecular formula is C40H36N12O12S4. The summed E-state index contributed by atoms with van der Waals surface area (Å²) >= 11 is 0. The maximum absolute atomic E-state index is 12.6. The highest BCUT2D eigenvalue weighted by atomic mass is 32.2. The van der Waals surface area contributed by atoms with Crippen molar-refractivity contribution in [3.05, 3.63) is 119 Å². The molecule has 0 bridgehead atoms. The second kappa shape index (κ2) is 19.3. The topological polar surface area (TPSA) is 420 Å². The van der Waals surface area contributed by atoms with Crippen LogP contribution in [0.25, 0.3) is 12.2 Å². The Balaban J connectivity index is 1.26. The van der Waals surface area contributed by atoms with Gasteiger partial charge in [0.05, 0.1) is 55.3 Å². The number of aryl methyl sites for hydroxylation is 2. The van der Waals surface area contributed by atoms with Gasteiger partial charge >= 0.3 is 0 Å². The van der Waals surface area contributed by atoms with Crippen molar-refractivity contribution >= 4 is 121 Å². The average Bonchev–Trinajstić information content (AvgIpc) is 3.26. The molecule has 24 nitrogen and oxygen atoms in total. The average molecular weight is 1010 g/mol. The molecule has 6 rings (SSSR count). The predicted octanol–water partition coefficient (Wildman–Crippen LogP) is 9.45. The molecule has 0 radical (unpaired) electrons. The van der Waals surface area contributed by atoms with Crippen molar-refractivity contribution in [2.75, 3.05) is 22.9 Å². The fourth-order valence-corrected chi connectivity index (χ4v) is 8.26. The zero-order valence-electron chi connectivity index (χ0n) is 35.0. The number of nitrogen functional groups attached to an aromatic ring is 4. The lowest BCUT2D eigenvalue weighted by Gasteiger charge is -2.10. The number of nitrogens with two attached hydrogens (primary N) is 4. The van der Waals surface area contributed by atoms with Crippen LogP contribution in [0.15, 0.2) is 158 Å². The minimum absolute atomic E-state index is 0.0670. The van der Waals surface area contributed by atoms with Crippen LogP contribution in [0.2, 0.25) is 0 Å². The summed E-state index contributed by atoms with van der Waals surface area (Å²) in [4.78, 5) is -2.06. The molecular weight excluding hydrogens is 969 g/mol. The Morgan fingerprint density at radius 3 is 1.00 bits per heavy atom. The predicted molar refractivity (Wildman–Crippen MR) is 251 cm³/mol. The fraction of sp³-hybridized carbons (Fsp3) is 0.0500. The zero-order valence-corrected chi connectivity index (χ0v) is 38.2. The van der Waals surface area contributed by atoms with E-state index in [-0.39, 0.29) is 89.2 Å². The third-order valence-corrected chi connectivity index (χ3v) is 13.0. The lowest BCUT2D eigenvalue weighted by Crippen LogP contribution is -2.01. The Morgan fingerprint density at radius 2 is 0.691 bits per heavy atom. The normalized spacial score (nSPS) is 13.0. The summed E-state index contributed by atoms with van der Waals surface area (Å²) in [6.07, 6.45) is 2.29. The third kappa shape index (κ3) is 11.8. The van der Waals surface area contributed by atoms with Crippen LogP contribution in [-0.2, 0) is 40.5 Å². The van der Waals surface area contributed by atoms with Crippen molar-refractivity contribution in [2.24, 2.45) is 40.9 Å². The van der Waals surface area contributed by atoms with Crippen LogP contribution in [0, 0.1) is 13.8 Å². The van der Waals surface area contributed by atoms with Crippen LogP contribution >= 0.6 is 0 Å². The molecule has 352 valence electrons. The van der Waals surface area contributed by atoms with Gasteiger partial charge < -0.3 is 22.9 Å². The highest BCUT2D eigenvalue weighted by molar-refractivity contribution is 7.86. The highest BCUT2D eigenvalue weighted by Crippen LogP contribution is 2.43. The van der Waals surface area contributed by atoms with E-state index in [2.05, 4.69) is 40.9 Å². The van der Waals surface area contributed by atoms with E-state index < -0.39 is 50.3 Å². The molecule has 0 amide bonds. The smallest absolute Gasteiger partial charge is 0.295 e. The van der Waals surface area contributed by atoms with Crippen LogP contribution in [-0.4, -0.2) is 51.9 Å². The number of anilines is 4. The summed E-state index contributed by atoms with van der Waals surface area (Å²) in [7, 11) is -18.8. The molecule has 0 atom stereocenters. The molecule has 12 N–H and O–H groups in total. The van der Waals surface area contributed by atoms with E-state index in [0.29, 0.717) is 11.1 Å². The van der Waals surface area contributed by atoms with Crippen LogP contribution in [0.3, 0.4) is 0 Å². The van der Waals surface area contributed by atoms with E-state index in [1.54, 1.807) is 13.8 Å². The van der Waals surface area contributed by atoms with Gasteiger partial charge in [0, 0.05) is 0 Å². The maximum atomic E-state index is 12.6. The SMILES string of the molecule is Cc1cc(N=Nc2ccc(S(=O)(=O)O)cc2)c(N)c(N=Nc2ccc(C=Cc3ccc(N=Nc4c(N)c(C)cc(N=Nc5ccc(S(=O)(=O)O)cc5)c4N)cc3S(=O)(=O)O)c(S(=O)(=O)O)c2)c1N. The quantitative estimate of drug-likeness (QED) is 0.0218. The first kappa shape index (κ1) is 49.7. The molecule has 0 aromatic heterocycles. The monoisotopic (exact) mass is 1000 g/mol. The number of azo groups is 4. The van der Waals surface area contributed by atoms with E-state index in [4.69, 9.17) is 22.9 Å². The van der Waals surface area contributed by atoms with Gasteiger partial charge in [-0.05, 0) is 121 Å². The highest BCUT2D eigenvalue weighted by Gasteiger charge is 2.20. The molecule has 0 saturated heterocycles. The van der Waals surface area contributed by atoms with Crippen molar-refractivity contribution in [1.82, 2.24) is 0 Å². The molecule has 0 aliphatic rings. The molecule has 68 heavy (non-hydrogen) atoms. The molecule has 0 aliphatic carbocycles. The molecule has 28 heteroatoms. The van der Waals surface area contributed by atoms with E-state index in [1.807, 2.05) is 0 Å². The number of benzene rings is 6. The molecule has 0 aliphatic heterocycles. The van der Waals surface area contributed by atoms with Gasteiger partial charge in [-0.25, -0.2) is 0 Å². The van der Waals surface area contributed by atoms with Crippen molar-refractivity contribution in [2.45, 2.75) is 33.4 Å². The largest absolute Gasteiger partial charge is 0.397 e. The van der Waals surface area contributed by atoms with Gasteiger partial charge in [0.2, 0.25) is 0 Å². The first-order valence-electron chi connectivity index (χ1n) is 18.8. The number of rotatable bonds is 14. The fourth-order valence-electron chi connectivity index (χ4n) is 5.89. The third-order valence-electron chi connectivity index (χ3n) is 9.47. The Kier molecular flexibility index (Phi) is 14.1. The molecule has 0 unspecified atom stereocenters. The summed E-state index contributed by atoms with van der Waals surface area (Å²) in [6, 6.07) is 19.6. The summed E-state index contributed by atoms with van der Waals surface area (Å²) in [5, 5.41) is 32.5. The molecule has 6 aromatic rings. The zero-order chi connectivity index (χ0) is 49.9. The lowest BCUT2D eigenvalue weighted by molar-refractivity contribution is 0.480. The lowest BCUT2D eigenvalue weighted by atomic mass is 10.1. The molecule has 0 fully saturated rings. The van der Waals surface area contributed by atoms with Gasteiger partial charge in [0.1, 0.15) is 32.5 Å². The van der Waals surface area contributed by atoms with Crippen molar-refractivity contribution in [3.8, 4) is 0 Å². The van der Waals surface area contributed by atoms with E-state index in [1.165, 1.54) is 60.7 Å². The molecule has 0 spiro atoms. The van der Waals surface area contributed by atoms with Crippen LogP contribution in [0.5, 0.6) is 0 Å². The Hall–Kier alpha value is -7.70. The van der Waals surface area contributed by atoms with Crippen LogP contribution in [0.1, 0.15) is 22.3 Å². The van der Waals surface area contributed by atoms with Crippen LogP contribution in [0.4, 0.5) is 68.2 Å². The van der Waals surface area contributed by atoms with Gasteiger partial charge in [-0.3, -0.25) is 18.2 Å². The summed E-state index contributed by atoms with van der Waals surface area (Å²) < 4.78 is 134. The van der Waals surface area contributed by atoms with Gasteiger partial charge in [0.15, 0.2) is 0 Å². The Morgan fingerprint density at radius 1 is 0.382 bits per heavy atom. The van der Waals surface area contributed by atoms with Crippen molar-refractivity contribution < 1.29 is 51.9 Å².